The summed E-state index contributed by atoms with van der Waals surface area (Å²) < 4.78 is 0. The van der Waals surface area contributed by atoms with Crippen LogP contribution in [0.15, 0.2) is 23.2 Å². The highest BCUT2D eigenvalue weighted by atomic mass is 79.9. The quantitative estimate of drug-likeness (QED) is 0.473. The summed E-state index contributed by atoms with van der Waals surface area (Å²) in [6.45, 7) is 0. The van der Waals surface area contributed by atoms with Gasteiger partial charge in [0.1, 0.15) is 6.29 Å². The van der Waals surface area contributed by atoms with Crippen LogP contribution in [0.2, 0.25) is 0 Å². The van der Waals surface area contributed by atoms with E-state index in [9.17, 15) is 4.79 Å². The number of hydrogen-bond acceptors (Lipinski definition) is 1. The molecule has 0 aliphatic heterocycles. The van der Waals surface area contributed by atoms with E-state index in [1.165, 1.54) is 0 Å². The molecule has 0 saturated heterocycles. The summed E-state index contributed by atoms with van der Waals surface area (Å²) in [5.41, 5.74) is 0. The van der Waals surface area contributed by atoms with Gasteiger partial charge in [-0.2, -0.15) is 0 Å². The van der Waals surface area contributed by atoms with Crippen molar-refractivity contribution in [2.75, 3.05) is 0 Å². The standard InChI is InChI=1S/C6H7BrO/c7-5-3-1-2-4-6-8/h1-3,5-6H,4H2/b2-1+,5-3+. The van der Waals surface area contributed by atoms with Gasteiger partial charge in [0.2, 0.25) is 0 Å². The lowest BCUT2D eigenvalue weighted by Crippen LogP contribution is -1.62. The van der Waals surface area contributed by atoms with Gasteiger partial charge in [0.15, 0.2) is 0 Å². The van der Waals surface area contributed by atoms with Crippen LogP contribution in [0.25, 0.3) is 0 Å². The van der Waals surface area contributed by atoms with Gasteiger partial charge in [0, 0.05) is 6.42 Å². The van der Waals surface area contributed by atoms with Crippen molar-refractivity contribution in [2.24, 2.45) is 0 Å². The molecule has 0 radical (unpaired) electrons. The third kappa shape index (κ3) is 5.63. The Balaban J connectivity index is 3.19. The summed E-state index contributed by atoms with van der Waals surface area (Å²) in [6.07, 6.45) is 6.76. The molecule has 0 rings (SSSR count). The highest BCUT2D eigenvalue weighted by molar-refractivity contribution is 9.11. The molecule has 0 fully saturated rings. The zero-order valence-corrected chi connectivity index (χ0v) is 5.97. The van der Waals surface area contributed by atoms with E-state index in [2.05, 4.69) is 15.9 Å². The normalized spacial score (nSPS) is 11.1. The minimum Gasteiger partial charge on any atom is -0.303 e. The summed E-state index contributed by atoms with van der Waals surface area (Å²) in [5.74, 6) is 0. The maximum atomic E-state index is 9.68. The Morgan fingerprint density at radius 2 is 2.12 bits per heavy atom. The Hall–Kier alpha value is -0.370. The molecule has 8 heavy (non-hydrogen) atoms. The Labute approximate surface area is 57.2 Å². The zero-order chi connectivity index (χ0) is 6.24. The predicted octanol–water partition coefficient (Wildman–Crippen LogP) is 2.04. The fourth-order valence-corrected chi connectivity index (χ4v) is 0.431. The van der Waals surface area contributed by atoms with Crippen LogP contribution >= 0.6 is 15.9 Å². The molecule has 0 aromatic carbocycles. The minimum atomic E-state index is 0.497. The van der Waals surface area contributed by atoms with E-state index in [0.29, 0.717) is 6.42 Å². The Kier molecular flexibility index (Phi) is 6.32. The number of halogens is 1. The van der Waals surface area contributed by atoms with E-state index in [0.717, 1.165) is 6.29 Å². The van der Waals surface area contributed by atoms with Crippen LogP contribution in [0.3, 0.4) is 0 Å². The Morgan fingerprint density at radius 1 is 1.38 bits per heavy atom. The van der Waals surface area contributed by atoms with Gasteiger partial charge >= 0.3 is 0 Å². The van der Waals surface area contributed by atoms with E-state index in [1.54, 1.807) is 11.1 Å². The molecule has 0 aromatic heterocycles. The van der Waals surface area contributed by atoms with E-state index < -0.39 is 0 Å². The molecular weight excluding hydrogens is 168 g/mol. The number of hydrogen-bond donors (Lipinski definition) is 0. The number of allylic oxidation sites excluding steroid dienone is 3. The Bertz CT molecular complexity index is 105. The molecule has 2 heteroatoms. The molecule has 0 unspecified atom stereocenters. The summed E-state index contributed by atoms with van der Waals surface area (Å²) in [5, 5.41) is 0. The van der Waals surface area contributed by atoms with Crippen LogP contribution in [-0.4, -0.2) is 6.29 Å². The van der Waals surface area contributed by atoms with E-state index in [4.69, 9.17) is 0 Å². The van der Waals surface area contributed by atoms with E-state index >= 15 is 0 Å². The van der Waals surface area contributed by atoms with Gasteiger partial charge in [-0.3, -0.25) is 0 Å². The van der Waals surface area contributed by atoms with Crippen molar-refractivity contribution in [1.82, 2.24) is 0 Å². The first-order chi connectivity index (χ1) is 3.91. The van der Waals surface area contributed by atoms with Gasteiger partial charge in [-0.15, -0.1) is 0 Å². The molecule has 0 atom stereocenters. The van der Waals surface area contributed by atoms with Gasteiger partial charge < -0.3 is 4.79 Å². The van der Waals surface area contributed by atoms with Gasteiger partial charge in [-0.25, -0.2) is 0 Å². The second kappa shape index (κ2) is 6.63. The Morgan fingerprint density at radius 3 is 2.62 bits per heavy atom. The topological polar surface area (TPSA) is 17.1 Å². The number of carbonyl (C=O) groups is 1. The number of aldehydes is 1. The molecule has 0 aromatic rings. The SMILES string of the molecule is O=CC/C=C/C=C/Br. The van der Waals surface area contributed by atoms with Crippen molar-refractivity contribution in [3.63, 3.8) is 0 Å². The smallest absolute Gasteiger partial charge is 0.123 e. The largest absolute Gasteiger partial charge is 0.303 e. The molecule has 0 aliphatic rings. The lowest BCUT2D eigenvalue weighted by Gasteiger charge is -1.69. The number of rotatable bonds is 3. The van der Waals surface area contributed by atoms with Crippen molar-refractivity contribution in [3.8, 4) is 0 Å². The first-order valence-corrected chi connectivity index (χ1v) is 3.19. The van der Waals surface area contributed by atoms with Crippen LogP contribution in [0.4, 0.5) is 0 Å². The van der Waals surface area contributed by atoms with Crippen molar-refractivity contribution in [3.05, 3.63) is 23.2 Å². The van der Waals surface area contributed by atoms with Gasteiger partial charge in [0.25, 0.3) is 0 Å². The summed E-state index contributed by atoms with van der Waals surface area (Å²) >= 11 is 3.08. The van der Waals surface area contributed by atoms with E-state index in [-0.39, 0.29) is 0 Å². The van der Waals surface area contributed by atoms with Crippen LogP contribution in [-0.2, 0) is 4.79 Å². The fourth-order valence-electron chi connectivity index (χ4n) is 0.255. The lowest BCUT2D eigenvalue weighted by atomic mass is 10.4. The van der Waals surface area contributed by atoms with Gasteiger partial charge in [-0.05, 0) is 4.99 Å². The molecule has 0 spiro atoms. The summed E-state index contributed by atoms with van der Waals surface area (Å²) in [4.78, 5) is 11.4. The van der Waals surface area contributed by atoms with Gasteiger partial charge in [0.05, 0.1) is 0 Å². The summed E-state index contributed by atoms with van der Waals surface area (Å²) in [7, 11) is 0. The molecule has 0 amide bonds. The molecule has 0 heterocycles. The summed E-state index contributed by atoms with van der Waals surface area (Å²) in [6, 6.07) is 0. The third-order valence-electron chi connectivity index (χ3n) is 0.552. The second-order valence-electron chi connectivity index (χ2n) is 1.15. The fraction of sp³-hybridized carbons (Fsp3) is 0.167. The average molecular weight is 175 g/mol. The maximum Gasteiger partial charge on any atom is 0.123 e. The first-order valence-electron chi connectivity index (χ1n) is 2.27. The molecule has 0 saturated carbocycles. The van der Waals surface area contributed by atoms with Crippen LogP contribution in [0.5, 0.6) is 0 Å². The third-order valence-corrected chi connectivity index (χ3v) is 0.857. The maximum absolute atomic E-state index is 9.68. The van der Waals surface area contributed by atoms with Crippen molar-refractivity contribution in [2.45, 2.75) is 6.42 Å². The first kappa shape index (κ1) is 7.63. The lowest BCUT2D eigenvalue weighted by molar-refractivity contribution is -0.107. The average Bonchev–Trinajstić information content (AvgIpc) is 1.81. The van der Waals surface area contributed by atoms with Crippen molar-refractivity contribution < 1.29 is 4.79 Å². The van der Waals surface area contributed by atoms with Crippen molar-refractivity contribution >= 4 is 22.2 Å². The molecular formula is C6H7BrO. The molecule has 0 bridgehead atoms. The second-order valence-corrected chi connectivity index (χ2v) is 1.68. The zero-order valence-electron chi connectivity index (χ0n) is 4.38. The molecule has 44 valence electrons. The number of carbonyl (C=O) groups excluding carboxylic acids is 1. The van der Waals surface area contributed by atoms with E-state index in [1.807, 2.05) is 12.2 Å². The van der Waals surface area contributed by atoms with Crippen LogP contribution < -0.4 is 0 Å². The highest BCUT2D eigenvalue weighted by Crippen LogP contribution is 1.84. The van der Waals surface area contributed by atoms with Gasteiger partial charge in [-0.1, -0.05) is 34.2 Å². The van der Waals surface area contributed by atoms with Crippen LogP contribution in [0.1, 0.15) is 6.42 Å². The minimum absolute atomic E-state index is 0.497. The molecule has 0 N–H and O–H groups in total. The highest BCUT2D eigenvalue weighted by Gasteiger charge is 1.66. The monoisotopic (exact) mass is 174 g/mol. The van der Waals surface area contributed by atoms with Crippen molar-refractivity contribution in [1.29, 1.82) is 0 Å². The molecule has 0 aliphatic carbocycles. The van der Waals surface area contributed by atoms with Crippen LogP contribution in [0, 0.1) is 0 Å². The molecule has 1 nitrogen and oxygen atoms in total. The predicted molar refractivity (Wildman–Crippen MR) is 37.9 cm³/mol.